The molecule has 12 nitrogen and oxygen atoms in total. The molecule has 0 aliphatic rings. The molecule has 0 aliphatic carbocycles. The Labute approximate surface area is 193 Å². The van der Waals surface area contributed by atoms with Crippen LogP contribution in [0.4, 0.5) is 0 Å². The maximum Gasteiger partial charge on any atom is 0.325 e. The van der Waals surface area contributed by atoms with Gasteiger partial charge in [0.2, 0.25) is 17.7 Å². The minimum absolute atomic E-state index is 0.0897. The van der Waals surface area contributed by atoms with Gasteiger partial charge in [-0.25, -0.2) is 4.98 Å². The standard InChI is InChI=1S/C21H37N7O5/c1-4-12(2)17(23)20(31)28-16(9-14-10-24-11-25-14)19(30)27-15(7-5-6-8-22)18(29)26-13(3)21(32)33/h10-13,15-17H,4-9,22-23H2,1-3H3,(H,24,25)(H,26,29)(H,27,30)(H,28,31)(H,32,33). The number of aromatic nitrogens is 2. The minimum Gasteiger partial charge on any atom is -0.480 e. The van der Waals surface area contributed by atoms with E-state index in [1.165, 1.54) is 19.4 Å². The Balaban J connectivity index is 3.00. The molecule has 186 valence electrons. The number of hydrogen-bond donors (Lipinski definition) is 7. The fraction of sp³-hybridized carbons (Fsp3) is 0.667. The number of imidazole rings is 1. The fourth-order valence-corrected chi connectivity index (χ4v) is 3.02. The Morgan fingerprint density at radius 2 is 1.70 bits per heavy atom. The number of unbranched alkanes of at least 4 members (excludes halogenated alkanes) is 1. The quantitative estimate of drug-likeness (QED) is 0.159. The molecule has 0 aliphatic heterocycles. The number of amides is 3. The highest BCUT2D eigenvalue weighted by Gasteiger charge is 2.30. The Bertz CT molecular complexity index is 771. The molecule has 0 aromatic carbocycles. The van der Waals surface area contributed by atoms with E-state index in [0.29, 0.717) is 31.5 Å². The van der Waals surface area contributed by atoms with Gasteiger partial charge in [-0.3, -0.25) is 19.2 Å². The number of aromatic amines is 1. The largest absolute Gasteiger partial charge is 0.480 e. The van der Waals surface area contributed by atoms with Crippen molar-refractivity contribution in [1.29, 1.82) is 0 Å². The second kappa shape index (κ2) is 14.2. The van der Waals surface area contributed by atoms with Crippen molar-refractivity contribution in [2.75, 3.05) is 6.54 Å². The number of carbonyl (C=O) groups excluding carboxylic acids is 3. The highest BCUT2D eigenvalue weighted by molar-refractivity contribution is 5.94. The molecule has 3 amide bonds. The number of carboxylic acid groups (broad SMARTS) is 1. The molecule has 0 bridgehead atoms. The number of nitrogens with zero attached hydrogens (tertiary/aromatic N) is 1. The van der Waals surface area contributed by atoms with E-state index in [1.807, 2.05) is 13.8 Å². The third-order valence-corrected chi connectivity index (χ3v) is 5.48. The maximum atomic E-state index is 13.1. The molecule has 12 heteroatoms. The summed E-state index contributed by atoms with van der Waals surface area (Å²) in [5.41, 5.74) is 12.1. The Kier molecular flexibility index (Phi) is 12.1. The molecule has 1 aromatic heterocycles. The van der Waals surface area contributed by atoms with Gasteiger partial charge >= 0.3 is 5.97 Å². The molecule has 9 N–H and O–H groups in total. The third-order valence-electron chi connectivity index (χ3n) is 5.48. The van der Waals surface area contributed by atoms with E-state index in [0.717, 1.165) is 0 Å². The molecular weight excluding hydrogens is 430 g/mol. The van der Waals surface area contributed by atoms with E-state index < -0.39 is 47.9 Å². The minimum atomic E-state index is -1.20. The number of carbonyl (C=O) groups is 4. The van der Waals surface area contributed by atoms with Crippen LogP contribution in [-0.4, -0.2) is 69.5 Å². The van der Waals surface area contributed by atoms with Crippen LogP contribution in [-0.2, 0) is 25.6 Å². The van der Waals surface area contributed by atoms with Crippen molar-refractivity contribution in [3.05, 3.63) is 18.2 Å². The Hall–Kier alpha value is -2.99. The van der Waals surface area contributed by atoms with Crippen LogP contribution < -0.4 is 27.4 Å². The van der Waals surface area contributed by atoms with E-state index in [2.05, 4.69) is 25.9 Å². The van der Waals surface area contributed by atoms with Gasteiger partial charge in [0.25, 0.3) is 0 Å². The van der Waals surface area contributed by atoms with Crippen LogP contribution in [0.2, 0.25) is 0 Å². The lowest BCUT2D eigenvalue weighted by molar-refractivity contribution is -0.141. The molecule has 5 atom stereocenters. The van der Waals surface area contributed by atoms with E-state index >= 15 is 0 Å². The topological polar surface area (TPSA) is 205 Å². The SMILES string of the molecule is CCC(C)C(N)C(=O)NC(Cc1cnc[nH]1)C(=O)NC(CCCCN)C(=O)NC(C)C(=O)O. The van der Waals surface area contributed by atoms with Gasteiger partial charge in [0.15, 0.2) is 0 Å². The normalized spacial score (nSPS) is 15.5. The average Bonchev–Trinajstić information content (AvgIpc) is 3.29. The summed E-state index contributed by atoms with van der Waals surface area (Å²) in [6, 6.07) is -3.93. The van der Waals surface area contributed by atoms with Gasteiger partial charge < -0.3 is 37.5 Å². The lowest BCUT2D eigenvalue weighted by atomic mass is 9.98. The van der Waals surface area contributed by atoms with Crippen molar-refractivity contribution in [1.82, 2.24) is 25.9 Å². The van der Waals surface area contributed by atoms with Crippen molar-refractivity contribution in [3.63, 3.8) is 0 Å². The summed E-state index contributed by atoms with van der Waals surface area (Å²) in [6.07, 6.45) is 5.22. The van der Waals surface area contributed by atoms with Crippen molar-refractivity contribution >= 4 is 23.7 Å². The van der Waals surface area contributed by atoms with Gasteiger partial charge in [-0.2, -0.15) is 0 Å². The molecule has 33 heavy (non-hydrogen) atoms. The van der Waals surface area contributed by atoms with Crippen molar-refractivity contribution < 1.29 is 24.3 Å². The summed E-state index contributed by atoms with van der Waals surface area (Å²) in [4.78, 5) is 56.3. The van der Waals surface area contributed by atoms with Gasteiger partial charge in [-0.05, 0) is 38.6 Å². The molecule has 1 rings (SSSR count). The van der Waals surface area contributed by atoms with Crippen LogP contribution in [0, 0.1) is 5.92 Å². The predicted molar refractivity (Wildman–Crippen MR) is 122 cm³/mol. The summed E-state index contributed by atoms with van der Waals surface area (Å²) in [5.74, 6) is -2.98. The molecule has 0 radical (unpaired) electrons. The van der Waals surface area contributed by atoms with Crippen LogP contribution in [0.15, 0.2) is 12.5 Å². The molecule has 0 fully saturated rings. The van der Waals surface area contributed by atoms with Crippen LogP contribution in [0.3, 0.4) is 0 Å². The zero-order valence-electron chi connectivity index (χ0n) is 19.5. The first-order valence-corrected chi connectivity index (χ1v) is 11.2. The molecule has 1 aromatic rings. The second-order valence-electron chi connectivity index (χ2n) is 8.17. The molecule has 0 spiro atoms. The first-order chi connectivity index (χ1) is 15.6. The van der Waals surface area contributed by atoms with E-state index in [9.17, 15) is 19.2 Å². The smallest absolute Gasteiger partial charge is 0.325 e. The molecule has 0 saturated heterocycles. The van der Waals surface area contributed by atoms with E-state index in [4.69, 9.17) is 16.6 Å². The average molecular weight is 468 g/mol. The van der Waals surface area contributed by atoms with E-state index in [-0.39, 0.29) is 18.8 Å². The van der Waals surface area contributed by atoms with Crippen molar-refractivity contribution in [3.8, 4) is 0 Å². The molecule has 0 saturated carbocycles. The Morgan fingerprint density at radius 3 is 2.24 bits per heavy atom. The number of rotatable bonds is 15. The number of hydrogen-bond acceptors (Lipinski definition) is 7. The summed E-state index contributed by atoms with van der Waals surface area (Å²) < 4.78 is 0. The van der Waals surface area contributed by atoms with Gasteiger partial charge in [0, 0.05) is 18.3 Å². The number of nitrogens with two attached hydrogens (primary N) is 2. The molecular formula is C21H37N7O5. The highest BCUT2D eigenvalue weighted by Crippen LogP contribution is 2.08. The van der Waals surface area contributed by atoms with Gasteiger partial charge in [-0.1, -0.05) is 20.3 Å². The predicted octanol–water partition coefficient (Wildman–Crippen LogP) is -0.986. The second-order valence-corrected chi connectivity index (χ2v) is 8.17. The zero-order valence-corrected chi connectivity index (χ0v) is 19.5. The lowest BCUT2D eigenvalue weighted by Gasteiger charge is -2.25. The summed E-state index contributed by atoms with van der Waals surface area (Å²) in [7, 11) is 0. The number of H-pyrrole nitrogens is 1. The maximum absolute atomic E-state index is 13.1. The van der Waals surface area contributed by atoms with Gasteiger partial charge in [0.1, 0.15) is 18.1 Å². The van der Waals surface area contributed by atoms with Crippen LogP contribution in [0.5, 0.6) is 0 Å². The van der Waals surface area contributed by atoms with Crippen LogP contribution >= 0.6 is 0 Å². The summed E-state index contributed by atoms with van der Waals surface area (Å²) >= 11 is 0. The molecule has 5 unspecified atom stereocenters. The lowest BCUT2D eigenvalue weighted by Crippen LogP contribution is -2.58. The van der Waals surface area contributed by atoms with Crippen molar-refractivity contribution in [2.45, 2.75) is 77.0 Å². The number of nitrogens with one attached hydrogen (secondary N) is 4. The first kappa shape index (κ1) is 28.0. The fourth-order valence-electron chi connectivity index (χ4n) is 3.02. The first-order valence-electron chi connectivity index (χ1n) is 11.2. The number of aliphatic carboxylic acids is 1. The molecule has 1 heterocycles. The third kappa shape index (κ3) is 9.58. The van der Waals surface area contributed by atoms with Gasteiger partial charge in [0.05, 0.1) is 12.4 Å². The Morgan fingerprint density at radius 1 is 1.06 bits per heavy atom. The highest BCUT2D eigenvalue weighted by atomic mass is 16.4. The number of carboxylic acids is 1. The van der Waals surface area contributed by atoms with Gasteiger partial charge in [-0.15, -0.1) is 0 Å². The zero-order chi connectivity index (χ0) is 25.0. The monoisotopic (exact) mass is 467 g/mol. The summed E-state index contributed by atoms with van der Waals surface area (Å²) in [6.45, 7) is 5.50. The van der Waals surface area contributed by atoms with E-state index in [1.54, 1.807) is 0 Å². The van der Waals surface area contributed by atoms with Crippen LogP contribution in [0.1, 0.15) is 52.1 Å². The summed E-state index contributed by atoms with van der Waals surface area (Å²) in [5, 5.41) is 16.8. The van der Waals surface area contributed by atoms with Crippen LogP contribution in [0.25, 0.3) is 0 Å². The van der Waals surface area contributed by atoms with Crippen molar-refractivity contribution in [2.24, 2.45) is 17.4 Å².